The molecule has 0 N–H and O–H groups in total. The lowest BCUT2D eigenvalue weighted by Crippen LogP contribution is -2.22. The molecule has 0 spiro atoms. The summed E-state index contributed by atoms with van der Waals surface area (Å²) in [5, 5.41) is 7.91. The molecule has 24 heavy (non-hydrogen) atoms. The molecule has 1 aromatic heterocycles. The third kappa shape index (κ3) is 3.79. The van der Waals surface area contributed by atoms with Crippen LogP contribution in [0.2, 0.25) is 0 Å². The minimum Gasteiger partial charge on any atom is -0.460 e. The van der Waals surface area contributed by atoms with Crippen LogP contribution in [0.25, 0.3) is 11.5 Å². The Balaban J connectivity index is 1.53. The van der Waals surface area contributed by atoms with Crippen LogP contribution in [0.3, 0.4) is 0 Å². The molecule has 3 rings (SSSR count). The van der Waals surface area contributed by atoms with Gasteiger partial charge in [-0.15, -0.1) is 10.2 Å². The highest BCUT2D eigenvalue weighted by Crippen LogP contribution is 2.20. The second-order valence-corrected chi connectivity index (χ2v) is 5.83. The van der Waals surface area contributed by atoms with E-state index in [2.05, 4.69) is 10.2 Å². The fourth-order valence-corrected chi connectivity index (χ4v) is 2.41. The predicted octanol–water partition coefficient (Wildman–Crippen LogP) is 2.22. The van der Waals surface area contributed by atoms with Crippen molar-refractivity contribution in [3.8, 4) is 11.5 Å². The molecule has 2 aromatic rings. The van der Waals surface area contributed by atoms with Gasteiger partial charge in [0, 0.05) is 18.4 Å². The SMILES string of the molecule is Cc1ccc(-c2nnc(CCC(=O)O[C@@H]3C[C@@H](C)OC3=O)o2)cc1. The van der Waals surface area contributed by atoms with Crippen molar-refractivity contribution >= 4 is 11.9 Å². The summed E-state index contributed by atoms with van der Waals surface area (Å²) in [5.74, 6) is -0.215. The number of ether oxygens (including phenoxy) is 2. The van der Waals surface area contributed by atoms with Gasteiger partial charge >= 0.3 is 11.9 Å². The third-order valence-corrected chi connectivity index (χ3v) is 3.71. The Bertz CT molecular complexity index is 738. The lowest BCUT2D eigenvalue weighted by atomic mass is 10.1. The van der Waals surface area contributed by atoms with Crippen LogP contribution in [0.5, 0.6) is 0 Å². The zero-order valence-corrected chi connectivity index (χ0v) is 13.5. The van der Waals surface area contributed by atoms with E-state index in [4.69, 9.17) is 13.9 Å². The topological polar surface area (TPSA) is 91.5 Å². The minimum atomic E-state index is -0.807. The van der Waals surface area contributed by atoms with E-state index in [9.17, 15) is 9.59 Å². The Labute approximate surface area is 139 Å². The average molecular weight is 330 g/mol. The van der Waals surface area contributed by atoms with Crippen molar-refractivity contribution < 1.29 is 23.5 Å². The fraction of sp³-hybridized carbons (Fsp3) is 0.412. The van der Waals surface area contributed by atoms with Crippen molar-refractivity contribution in [2.45, 2.75) is 45.3 Å². The molecule has 0 unspecified atom stereocenters. The van der Waals surface area contributed by atoms with E-state index in [0.29, 0.717) is 18.2 Å². The first kappa shape index (κ1) is 16.2. The zero-order valence-electron chi connectivity index (χ0n) is 13.5. The number of esters is 2. The third-order valence-electron chi connectivity index (χ3n) is 3.71. The zero-order chi connectivity index (χ0) is 17.1. The number of aromatic nitrogens is 2. The van der Waals surface area contributed by atoms with Crippen molar-refractivity contribution in [2.75, 3.05) is 0 Å². The van der Waals surface area contributed by atoms with E-state index in [1.165, 1.54) is 0 Å². The molecule has 0 amide bonds. The molecule has 0 saturated carbocycles. The molecule has 2 heterocycles. The maximum absolute atomic E-state index is 11.8. The lowest BCUT2D eigenvalue weighted by molar-refractivity contribution is -0.160. The first-order valence-electron chi connectivity index (χ1n) is 7.80. The van der Waals surface area contributed by atoms with E-state index >= 15 is 0 Å². The number of carbonyl (C=O) groups is 2. The molecular formula is C17H18N2O5. The smallest absolute Gasteiger partial charge is 0.347 e. The lowest BCUT2D eigenvalue weighted by Gasteiger charge is -2.07. The van der Waals surface area contributed by atoms with Gasteiger partial charge in [0.1, 0.15) is 6.10 Å². The summed E-state index contributed by atoms with van der Waals surface area (Å²) >= 11 is 0. The van der Waals surface area contributed by atoms with E-state index in [0.717, 1.165) is 11.1 Å². The number of carbonyl (C=O) groups excluding carboxylic acids is 2. The number of nitrogens with zero attached hydrogens (tertiary/aromatic N) is 2. The van der Waals surface area contributed by atoms with Gasteiger partial charge in [0.15, 0.2) is 0 Å². The van der Waals surface area contributed by atoms with Crippen molar-refractivity contribution in [3.05, 3.63) is 35.7 Å². The van der Waals surface area contributed by atoms with Crippen LogP contribution >= 0.6 is 0 Å². The minimum absolute atomic E-state index is 0.0632. The van der Waals surface area contributed by atoms with Crippen LogP contribution in [0.1, 0.15) is 31.2 Å². The van der Waals surface area contributed by atoms with Crippen LogP contribution in [-0.2, 0) is 25.5 Å². The summed E-state index contributed by atoms with van der Waals surface area (Å²) in [4.78, 5) is 23.3. The van der Waals surface area contributed by atoms with Gasteiger partial charge in [-0.3, -0.25) is 4.79 Å². The number of rotatable bonds is 5. The number of hydrogen-bond acceptors (Lipinski definition) is 7. The van der Waals surface area contributed by atoms with Gasteiger partial charge in [-0.05, 0) is 26.0 Å². The molecule has 1 fully saturated rings. The standard InChI is InChI=1S/C17H18N2O5/c1-10-3-5-12(6-4-10)16-19-18-14(24-16)7-8-15(20)23-13-9-11(2)22-17(13)21/h3-6,11,13H,7-9H2,1-2H3/t11-,13-/m1/s1. The first-order chi connectivity index (χ1) is 11.5. The highest BCUT2D eigenvalue weighted by Gasteiger charge is 2.34. The number of aryl methyl sites for hydroxylation is 2. The van der Waals surface area contributed by atoms with Crippen LogP contribution < -0.4 is 0 Å². The maximum atomic E-state index is 11.8. The van der Waals surface area contributed by atoms with Gasteiger partial charge in [0.05, 0.1) is 6.42 Å². The Kier molecular flexibility index (Phi) is 4.59. The van der Waals surface area contributed by atoms with E-state index in [1.807, 2.05) is 31.2 Å². The summed E-state index contributed by atoms with van der Waals surface area (Å²) in [5.41, 5.74) is 1.96. The van der Waals surface area contributed by atoms with Crippen LogP contribution in [0.15, 0.2) is 28.7 Å². The Morgan fingerprint density at radius 3 is 2.71 bits per heavy atom. The van der Waals surface area contributed by atoms with Gasteiger partial charge in [-0.1, -0.05) is 17.7 Å². The van der Waals surface area contributed by atoms with Gasteiger partial charge in [-0.2, -0.15) is 0 Å². The Morgan fingerprint density at radius 1 is 1.29 bits per heavy atom. The molecule has 0 aliphatic carbocycles. The summed E-state index contributed by atoms with van der Waals surface area (Å²) in [6.45, 7) is 3.76. The van der Waals surface area contributed by atoms with Crippen molar-refractivity contribution in [1.29, 1.82) is 0 Å². The molecule has 0 radical (unpaired) electrons. The molecule has 1 aliphatic heterocycles. The van der Waals surface area contributed by atoms with E-state index in [-0.39, 0.29) is 18.9 Å². The molecule has 1 saturated heterocycles. The van der Waals surface area contributed by atoms with Crippen molar-refractivity contribution in [1.82, 2.24) is 10.2 Å². The average Bonchev–Trinajstić information content (AvgIpc) is 3.13. The summed E-state index contributed by atoms with van der Waals surface area (Å²) < 4.78 is 15.6. The van der Waals surface area contributed by atoms with Gasteiger partial charge in [-0.25, -0.2) is 4.79 Å². The Hall–Kier alpha value is -2.70. The molecule has 7 heteroatoms. The monoisotopic (exact) mass is 330 g/mol. The van der Waals surface area contributed by atoms with Crippen molar-refractivity contribution in [3.63, 3.8) is 0 Å². The van der Waals surface area contributed by atoms with Gasteiger partial charge in [0.2, 0.25) is 17.9 Å². The number of cyclic esters (lactones) is 1. The molecule has 1 aliphatic rings. The quantitative estimate of drug-likeness (QED) is 0.776. The molecule has 126 valence electrons. The van der Waals surface area contributed by atoms with Gasteiger partial charge in [0.25, 0.3) is 0 Å². The van der Waals surface area contributed by atoms with Crippen molar-refractivity contribution in [2.24, 2.45) is 0 Å². The Morgan fingerprint density at radius 2 is 2.04 bits per heavy atom. The van der Waals surface area contributed by atoms with E-state index in [1.54, 1.807) is 6.92 Å². The van der Waals surface area contributed by atoms with Gasteiger partial charge < -0.3 is 13.9 Å². The summed E-state index contributed by atoms with van der Waals surface area (Å²) in [6, 6.07) is 7.71. The maximum Gasteiger partial charge on any atom is 0.347 e. The summed E-state index contributed by atoms with van der Waals surface area (Å²) in [6.07, 6.45) is -0.313. The number of benzene rings is 1. The second-order valence-electron chi connectivity index (χ2n) is 5.83. The van der Waals surface area contributed by atoms with Crippen LogP contribution in [0.4, 0.5) is 0 Å². The molecule has 7 nitrogen and oxygen atoms in total. The van der Waals surface area contributed by atoms with Crippen LogP contribution in [-0.4, -0.2) is 34.3 Å². The largest absolute Gasteiger partial charge is 0.460 e. The molecule has 1 aromatic carbocycles. The molecule has 2 atom stereocenters. The predicted molar refractivity (Wildman–Crippen MR) is 82.8 cm³/mol. The first-order valence-corrected chi connectivity index (χ1v) is 7.80. The normalized spacial score (nSPS) is 20.0. The highest BCUT2D eigenvalue weighted by atomic mass is 16.6. The fourth-order valence-electron chi connectivity index (χ4n) is 2.41. The molecule has 0 bridgehead atoms. The summed E-state index contributed by atoms with van der Waals surface area (Å²) in [7, 11) is 0. The molecular weight excluding hydrogens is 312 g/mol. The number of hydrogen-bond donors (Lipinski definition) is 0. The van der Waals surface area contributed by atoms with E-state index < -0.39 is 18.0 Å². The van der Waals surface area contributed by atoms with Crippen LogP contribution in [0, 0.1) is 6.92 Å². The second kappa shape index (κ2) is 6.82. The highest BCUT2D eigenvalue weighted by molar-refractivity contribution is 5.81.